The third kappa shape index (κ3) is 5.40. The Morgan fingerprint density at radius 1 is 1.19 bits per heavy atom. The Labute approximate surface area is 167 Å². The largest absolute Gasteiger partial charge is 0.482 e. The lowest BCUT2D eigenvalue weighted by atomic mass is 10.2. The zero-order valence-electron chi connectivity index (χ0n) is 14.9. The first kappa shape index (κ1) is 19.6. The zero-order chi connectivity index (χ0) is 19.2. The summed E-state index contributed by atoms with van der Waals surface area (Å²) in [6.07, 6.45) is 0.872. The molecular formula is C20H20ClNO4S. The second-order valence-corrected chi connectivity index (χ2v) is 8.05. The third-order valence-corrected chi connectivity index (χ3v) is 5.53. The summed E-state index contributed by atoms with van der Waals surface area (Å²) >= 11 is 7.62. The average Bonchev–Trinajstić information content (AvgIpc) is 2.82. The summed E-state index contributed by atoms with van der Waals surface area (Å²) in [7, 11) is 0. The van der Waals surface area contributed by atoms with E-state index in [9.17, 15) is 9.59 Å². The van der Waals surface area contributed by atoms with E-state index < -0.39 is 5.97 Å². The number of carbonyl (C=O) groups excluding carboxylic acids is 2. The number of benzene rings is 2. The topological polar surface area (TPSA) is 55.8 Å². The molecule has 0 radical (unpaired) electrons. The molecule has 2 aromatic rings. The maximum atomic E-state index is 12.6. The van der Waals surface area contributed by atoms with Gasteiger partial charge in [-0.2, -0.15) is 0 Å². The summed E-state index contributed by atoms with van der Waals surface area (Å²) in [5.41, 5.74) is 0.864. The number of anilines is 1. The summed E-state index contributed by atoms with van der Waals surface area (Å²) < 4.78 is 10.4. The summed E-state index contributed by atoms with van der Waals surface area (Å²) in [6, 6.07) is 14.5. The predicted molar refractivity (Wildman–Crippen MR) is 107 cm³/mol. The van der Waals surface area contributed by atoms with E-state index in [4.69, 9.17) is 21.1 Å². The van der Waals surface area contributed by atoms with Crippen molar-refractivity contribution in [3.05, 3.63) is 53.6 Å². The number of rotatable bonds is 5. The van der Waals surface area contributed by atoms with Crippen molar-refractivity contribution in [1.82, 2.24) is 0 Å². The van der Waals surface area contributed by atoms with E-state index in [1.165, 1.54) is 0 Å². The molecule has 1 amide bonds. The fourth-order valence-corrected chi connectivity index (χ4v) is 4.00. The molecule has 27 heavy (non-hydrogen) atoms. The standard InChI is InChI=1S/C20H20ClNO4S/c1-14-9-10-22(17-7-2-3-8-18(17)27-14)19(23)12-26-20(24)13-25-16-6-4-5-15(21)11-16/h2-8,11,14H,9-10,12-13H2,1H3/t14-/m0/s1. The molecule has 0 aliphatic carbocycles. The van der Waals surface area contributed by atoms with Crippen molar-refractivity contribution in [2.45, 2.75) is 23.5 Å². The van der Waals surface area contributed by atoms with Crippen molar-refractivity contribution in [2.24, 2.45) is 0 Å². The van der Waals surface area contributed by atoms with E-state index in [0.29, 0.717) is 22.6 Å². The van der Waals surface area contributed by atoms with E-state index in [1.807, 2.05) is 24.3 Å². The summed E-state index contributed by atoms with van der Waals surface area (Å²) in [5.74, 6) is -0.374. The Morgan fingerprint density at radius 2 is 2.00 bits per heavy atom. The molecule has 7 heteroatoms. The summed E-state index contributed by atoms with van der Waals surface area (Å²) in [4.78, 5) is 27.3. The Hall–Kier alpha value is -2.18. The Balaban J connectivity index is 1.55. The minimum atomic E-state index is -0.603. The number of esters is 1. The summed E-state index contributed by atoms with van der Waals surface area (Å²) in [6.45, 7) is 2.14. The van der Waals surface area contributed by atoms with Gasteiger partial charge >= 0.3 is 5.97 Å². The van der Waals surface area contributed by atoms with Gasteiger partial charge in [-0.25, -0.2) is 4.79 Å². The van der Waals surface area contributed by atoms with E-state index >= 15 is 0 Å². The van der Waals surface area contributed by atoms with Gasteiger partial charge in [-0.1, -0.05) is 36.7 Å². The highest BCUT2D eigenvalue weighted by Crippen LogP contribution is 2.37. The van der Waals surface area contributed by atoms with Gasteiger partial charge in [0.1, 0.15) is 5.75 Å². The minimum Gasteiger partial charge on any atom is -0.482 e. The van der Waals surface area contributed by atoms with Crippen LogP contribution in [0.2, 0.25) is 5.02 Å². The van der Waals surface area contributed by atoms with Gasteiger partial charge in [0.25, 0.3) is 5.91 Å². The highest BCUT2D eigenvalue weighted by molar-refractivity contribution is 8.00. The Kier molecular flexibility index (Phi) is 6.63. The molecule has 2 aromatic carbocycles. The van der Waals surface area contributed by atoms with Crippen LogP contribution in [0.5, 0.6) is 5.75 Å². The fourth-order valence-electron chi connectivity index (χ4n) is 2.71. The maximum Gasteiger partial charge on any atom is 0.344 e. The molecule has 5 nitrogen and oxygen atoms in total. The number of halogens is 1. The van der Waals surface area contributed by atoms with Crippen LogP contribution in [0.25, 0.3) is 0 Å². The smallest absolute Gasteiger partial charge is 0.344 e. The van der Waals surface area contributed by atoms with E-state index in [0.717, 1.165) is 17.0 Å². The number of amides is 1. The molecular weight excluding hydrogens is 386 g/mol. The molecule has 0 saturated carbocycles. The van der Waals surface area contributed by atoms with E-state index in [-0.39, 0.29) is 19.1 Å². The monoisotopic (exact) mass is 405 g/mol. The second-order valence-electron chi connectivity index (χ2n) is 6.14. The highest BCUT2D eigenvalue weighted by atomic mass is 35.5. The average molecular weight is 406 g/mol. The van der Waals surface area contributed by atoms with Crippen molar-refractivity contribution in [3.8, 4) is 5.75 Å². The van der Waals surface area contributed by atoms with Gasteiger partial charge in [-0.3, -0.25) is 4.79 Å². The van der Waals surface area contributed by atoms with Gasteiger partial charge in [-0.15, -0.1) is 11.8 Å². The maximum absolute atomic E-state index is 12.6. The lowest BCUT2D eigenvalue weighted by Gasteiger charge is -2.22. The first-order valence-electron chi connectivity index (χ1n) is 8.63. The third-order valence-electron chi connectivity index (χ3n) is 4.05. The van der Waals surface area contributed by atoms with Crippen molar-refractivity contribution < 1.29 is 19.1 Å². The van der Waals surface area contributed by atoms with Gasteiger partial charge in [0, 0.05) is 21.7 Å². The molecule has 1 aliphatic rings. The predicted octanol–water partition coefficient (Wildman–Crippen LogP) is 4.18. The van der Waals surface area contributed by atoms with Gasteiger partial charge < -0.3 is 14.4 Å². The zero-order valence-corrected chi connectivity index (χ0v) is 16.5. The van der Waals surface area contributed by atoms with Crippen LogP contribution in [0.15, 0.2) is 53.4 Å². The number of ether oxygens (including phenoxy) is 2. The van der Waals surface area contributed by atoms with Gasteiger partial charge in [0.05, 0.1) is 5.69 Å². The van der Waals surface area contributed by atoms with Gasteiger partial charge in [0.15, 0.2) is 13.2 Å². The SMILES string of the molecule is C[C@H]1CCN(C(=O)COC(=O)COc2cccc(Cl)c2)c2ccccc2S1. The number of para-hydroxylation sites is 1. The Bertz CT molecular complexity index is 829. The van der Waals surface area contributed by atoms with Crippen LogP contribution in [0.1, 0.15) is 13.3 Å². The molecule has 142 valence electrons. The van der Waals surface area contributed by atoms with Gasteiger partial charge in [-0.05, 0) is 36.8 Å². The molecule has 0 N–H and O–H groups in total. The van der Waals surface area contributed by atoms with E-state index in [2.05, 4.69) is 6.92 Å². The highest BCUT2D eigenvalue weighted by Gasteiger charge is 2.24. The first-order valence-corrected chi connectivity index (χ1v) is 9.89. The minimum absolute atomic E-state index is 0.242. The molecule has 0 unspecified atom stereocenters. The molecule has 1 heterocycles. The number of nitrogens with zero attached hydrogens (tertiary/aromatic N) is 1. The van der Waals surface area contributed by atoms with Crippen LogP contribution in [0.4, 0.5) is 5.69 Å². The van der Waals surface area contributed by atoms with Crippen molar-refractivity contribution >= 4 is 40.9 Å². The van der Waals surface area contributed by atoms with Crippen LogP contribution in [-0.2, 0) is 14.3 Å². The number of fused-ring (bicyclic) bond motifs is 1. The molecule has 0 aromatic heterocycles. The number of carbonyl (C=O) groups is 2. The lowest BCUT2D eigenvalue weighted by Crippen LogP contribution is -2.36. The number of thioether (sulfide) groups is 1. The molecule has 0 fully saturated rings. The quantitative estimate of drug-likeness (QED) is 0.698. The lowest BCUT2D eigenvalue weighted by molar-refractivity contribution is -0.149. The van der Waals surface area contributed by atoms with E-state index in [1.54, 1.807) is 40.9 Å². The van der Waals surface area contributed by atoms with Crippen LogP contribution < -0.4 is 9.64 Å². The molecule has 0 saturated heterocycles. The van der Waals surface area contributed by atoms with Crippen LogP contribution in [0, 0.1) is 0 Å². The first-order chi connectivity index (χ1) is 13.0. The molecule has 1 atom stereocenters. The fraction of sp³-hybridized carbons (Fsp3) is 0.300. The van der Waals surface area contributed by atoms with Crippen LogP contribution in [0.3, 0.4) is 0 Å². The second kappa shape index (κ2) is 9.15. The molecule has 1 aliphatic heterocycles. The number of hydrogen-bond acceptors (Lipinski definition) is 5. The molecule has 0 bridgehead atoms. The summed E-state index contributed by atoms with van der Waals surface area (Å²) in [5, 5.41) is 0.931. The Morgan fingerprint density at radius 3 is 2.81 bits per heavy atom. The van der Waals surface area contributed by atoms with Gasteiger partial charge in [0.2, 0.25) is 0 Å². The molecule has 3 rings (SSSR count). The van der Waals surface area contributed by atoms with Crippen molar-refractivity contribution in [1.29, 1.82) is 0 Å². The van der Waals surface area contributed by atoms with Crippen molar-refractivity contribution in [2.75, 3.05) is 24.7 Å². The van der Waals surface area contributed by atoms with Crippen molar-refractivity contribution in [3.63, 3.8) is 0 Å². The normalized spacial score (nSPS) is 16.2. The van der Waals surface area contributed by atoms with Crippen LogP contribution >= 0.6 is 23.4 Å². The number of hydrogen-bond donors (Lipinski definition) is 0. The van der Waals surface area contributed by atoms with Crippen LogP contribution in [-0.4, -0.2) is 36.9 Å². The molecule has 0 spiro atoms.